The quantitative estimate of drug-likeness (QED) is 0.749. The number of hydrogen-bond acceptors (Lipinski definition) is 3. The van der Waals surface area contributed by atoms with Gasteiger partial charge in [-0.25, -0.2) is 8.78 Å². The SMILES string of the molecule is COc1ccc2ccccc2c1CNc1ccn(CC(F)F)n1. The zero-order valence-corrected chi connectivity index (χ0v) is 12.7. The molecule has 0 aliphatic heterocycles. The average Bonchev–Trinajstić information content (AvgIpc) is 2.99. The van der Waals surface area contributed by atoms with E-state index < -0.39 is 13.0 Å². The van der Waals surface area contributed by atoms with Crippen molar-refractivity contribution in [3.63, 3.8) is 0 Å². The summed E-state index contributed by atoms with van der Waals surface area (Å²) in [6.45, 7) is 0.0927. The van der Waals surface area contributed by atoms with Gasteiger partial charge in [-0.2, -0.15) is 5.10 Å². The number of benzene rings is 2. The molecule has 0 aliphatic carbocycles. The maximum absolute atomic E-state index is 12.4. The molecule has 4 nitrogen and oxygen atoms in total. The molecule has 6 heteroatoms. The fraction of sp³-hybridized carbons (Fsp3) is 0.235. The monoisotopic (exact) mass is 317 g/mol. The largest absolute Gasteiger partial charge is 0.496 e. The number of halogens is 2. The van der Waals surface area contributed by atoms with Crippen molar-refractivity contribution in [3.8, 4) is 5.75 Å². The van der Waals surface area contributed by atoms with E-state index in [1.807, 2.05) is 36.4 Å². The van der Waals surface area contributed by atoms with Gasteiger partial charge in [-0.15, -0.1) is 0 Å². The summed E-state index contributed by atoms with van der Waals surface area (Å²) in [5.41, 5.74) is 1.01. The Morgan fingerprint density at radius 1 is 1.17 bits per heavy atom. The van der Waals surface area contributed by atoms with Crippen LogP contribution in [0.5, 0.6) is 5.75 Å². The lowest BCUT2D eigenvalue weighted by Gasteiger charge is -2.12. The van der Waals surface area contributed by atoms with E-state index in [-0.39, 0.29) is 0 Å². The number of aromatic nitrogens is 2. The minimum atomic E-state index is -2.42. The molecule has 0 radical (unpaired) electrons. The summed E-state index contributed by atoms with van der Waals surface area (Å²) in [5.74, 6) is 1.34. The number of fused-ring (bicyclic) bond motifs is 1. The second-order valence-electron chi connectivity index (χ2n) is 5.14. The first-order valence-electron chi connectivity index (χ1n) is 7.27. The van der Waals surface area contributed by atoms with Gasteiger partial charge in [0.05, 0.1) is 7.11 Å². The van der Waals surface area contributed by atoms with E-state index in [2.05, 4.69) is 10.4 Å². The Hall–Kier alpha value is -2.63. The molecule has 3 rings (SSSR count). The Morgan fingerprint density at radius 3 is 2.78 bits per heavy atom. The second-order valence-corrected chi connectivity index (χ2v) is 5.14. The molecule has 0 atom stereocenters. The van der Waals surface area contributed by atoms with Crippen LogP contribution >= 0.6 is 0 Å². The number of anilines is 1. The lowest BCUT2D eigenvalue weighted by molar-refractivity contribution is 0.122. The fourth-order valence-electron chi connectivity index (χ4n) is 2.57. The van der Waals surface area contributed by atoms with Crippen molar-refractivity contribution in [2.45, 2.75) is 19.5 Å². The molecule has 0 saturated heterocycles. The van der Waals surface area contributed by atoms with Crippen LogP contribution in [0.15, 0.2) is 48.7 Å². The van der Waals surface area contributed by atoms with E-state index in [9.17, 15) is 8.78 Å². The highest BCUT2D eigenvalue weighted by Crippen LogP contribution is 2.28. The molecule has 0 fully saturated rings. The highest BCUT2D eigenvalue weighted by Gasteiger charge is 2.10. The van der Waals surface area contributed by atoms with Crippen molar-refractivity contribution in [3.05, 3.63) is 54.2 Å². The number of nitrogens with one attached hydrogen (secondary N) is 1. The molecule has 0 bridgehead atoms. The minimum Gasteiger partial charge on any atom is -0.496 e. The van der Waals surface area contributed by atoms with Gasteiger partial charge in [0.1, 0.15) is 18.1 Å². The Balaban J connectivity index is 1.82. The number of alkyl halides is 2. The highest BCUT2D eigenvalue weighted by molar-refractivity contribution is 5.88. The van der Waals surface area contributed by atoms with Gasteiger partial charge < -0.3 is 10.1 Å². The van der Waals surface area contributed by atoms with Crippen LogP contribution in [-0.4, -0.2) is 23.3 Å². The number of hydrogen-bond donors (Lipinski definition) is 1. The van der Waals surface area contributed by atoms with Crippen molar-refractivity contribution >= 4 is 16.6 Å². The van der Waals surface area contributed by atoms with Crippen LogP contribution < -0.4 is 10.1 Å². The highest BCUT2D eigenvalue weighted by atomic mass is 19.3. The van der Waals surface area contributed by atoms with Crippen molar-refractivity contribution in [2.24, 2.45) is 0 Å². The summed E-state index contributed by atoms with van der Waals surface area (Å²) in [5, 5.41) is 9.46. The van der Waals surface area contributed by atoms with Crippen molar-refractivity contribution < 1.29 is 13.5 Å². The molecule has 0 saturated carbocycles. The standard InChI is InChI=1S/C17H17F2N3O/c1-23-15-7-6-12-4-2-3-5-13(12)14(15)10-20-17-8-9-22(21-17)11-16(18)19/h2-9,16H,10-11H2,1H3,(H,20,21). The Morgan fingerprint density at radius 2 is 2.00 bits per heavy atom. The maximum Gasteiger partial charge on any atom is 0.257 e. The Bertz CT molecular complexity index is 801. The first-order valence-corrected chi connectivity index (χ1v) is 7.27. The van der Waals surface area contributed by atoms with Crippen LogP contribution in [0.3, 0.4) is 0 Å². The molecule has 3 aromatic rings. The molecule has 2 aromatic carbocycles. The van der Waals surface area contributed by atoms with Gasteiger partial charge in [0.15, 0.2) is 0 Å². The molecule has 120 valence electrons. The third-order valence-electron chi connectivity index (χ3n) is 3.63. The molecule has 1 N–H and O–H groups in total. The van der Waals surface area contributed by atoms with E-state index in [4.69, 9.17) is 4.74 Å². The van der Waals surface area contributed by atoms with Gasteiger partial charge in [0.2, 0.25) is 0 Å². The summed E-state index contributed by atoms with van der Waals surface area (Å²) in [6, 6.07) is 13.6. The molecule has 0 spiro atoms. The summed E-state index contributed by atoms with van der Waals surface area (Å²) in [4.78, 5) is 0. The van der Waals surface area contributed by atoms with Crippen molar-refractivity contribution in [2.75, 3.05) is 12.4 Å². The van der Waals surface area contributed by atoms with Gasteiger partial charge >= 0.3 is 0 Å². The molecule has 23 heavy (non-hydrogen) atoms. The number of rotatable bonds is 6. The lowest BCUT2D eigenvalue weighted by atomic mass is 10.0. The molecule has 1 heterocycles. The van der Waals surface area contributed by atoms with Crippen LogP contribution in [0.1, 0.15) is 5.56 Å². The molecule has 0 aliphatic rings. The maximum atomic E-state index is 12.4. The molecule has 0 unspecified atom stereocenters. The summed E-state index contributed by atoms with van der Waals surface area (Å²) in [7, 11) is 1.63. The van der Waals surface area contributed by atoms with Crippen molar-refractivity contribution in [1.82, 2.24) is 9.78 Å². The van der Waals surface area contributed by atoms with Crippen LogP contribution in [0.4, 0.5) is 14.6 Å². The molecule has 0 amide bonds. The minimum absolute atomic E-state index is 0.404. The normalized spacial score (nSPS) is 11.1. The number of ether oxygens (including phenoxy) is 1. The summed E-state index contributed by atoms with van der Waals surface area (Å²) < 4.78 is 31.4. The van der Waals surface area contributed by atoms with Gasteiger partial charge in [-0.1, -0.05) is 30.3 Å². The second kappa shape index (κ2) is 6.64. The predicted molar refractivity (Wildman–Crippen MR) is 86.1 cm³/mol. The van der Waals surface area contributed by atoms with E-state index >= 15 is 0 Å². The van der Waals surface area contributed by atoms with Crippen molar-refractivity contribution in [1.29, 1.82) is 0 Å². The predicted octanol–water partition coefficient (Wildman–Crippen LogP) is 3.92. The molecule has 1 aromatic heterocycles. The Kier molecular flexibility index (Phi) is 4.41. The third kappa shape index (κ3) is 3.41. The zero-order chi connectivity index (χ0) is 16.2. The topological polar surface area (TPSA) is 39.1 Å². The lowest BCUT2D eigenvalue weighted by Crippen LogP contribution is -2.08. The number of methoxy groups -OCH3 is 1. The first-order chi connectivity index (χ1) is 11.2. The fourth-order valence-corrected chi connectivity index (χ4v) is 2.57. The Labute approximate surface area is 132 Å². The first kappa shape index (κ1) is 15.3. The molecular formula is C17H17F2N3O. The van der Waals surface area contributed by atoms with E-state index in [1.165, 1.54) is 10.9 Å². The van der Waals surface area contributed by atoms with E-state index in [1.54, 1.807) is 13.2 Å². The van der Waals surface area contributed by atoms with Crippen LogP contribution in [0, 0.1) is 0 Å². The summed E-state index contributed by atoms with van der Waals surface area (Å²) >= 11 is 0. The van der Waals surface area contributed by atoms with Gasteiger partial charge in [-0.3, -0.25) is 4.68 Å². The molecular weight excluding hydrogens is 300 g/mol. The zero-order valence-electron chi connectivity index (χ0n) is 12.7. The van der Waals surface area contributed by atoms with Gasteiger partial charge in [0, 0.05) is 24.4 Å². The number of nitrogens with zero attached hydrogens (tertiary/aromatic N) is 2. The van der Waals surface area contributed by atoms with E-state index in [0.29, 0.717) is 12.4 Å². The van der Waals surface area contributed by atoms with E-state index in [0.717, 1.165) is 22.1 Å². The van der Waals surface area contributed by atoms with Gasteiger partial charge in [-0.05, 0) is 16.8 Å². The van der Waals surface area contributed by atoms with Crippen LogP contribution in [-0.2, 0) is 13.1 Å². The third-order valence-corrected chi connectivity index (χ3v) is 3.63. The average molecular weight is 317 g/mol. The van der Waals surface area contributed by atoms with Crippen LogP contribution in [0.25, 0.3) is 10.8 Å². The van der Waals surface area contributed by atoms with Crippen LogP contribution in [0.2, 0.25) is 0 Å². The summed E-state index contributed by atoms with van der Waals surface area (Å²) in [6.07, 6.45) is -0.879. The smallest absolute Gasteiger partial charge is 0.257 e. The van der Waals surface area contributed by atoms with Gasteiger partial charge in [0.25, 0.3) is 6.43 Å².